The monoisotopic (exact) mass is 257 g/mol. The Balaban J connectivity index is 2.31. The number of aliphatic carboxylic acids is 1. The van der Waals surface area contributed by atoms with Crippen molar-refractivity contribution < 1.29 is 19.5 Å². The second-order valence-electron chi connectivity index (χ2n) is 4.54. The Morgan fingerprint density at radius 1 is 1.22 bits per heavy atom. The minimum Gasteiger partial charge on any atom is -0.481 e. The van der Waals surface area contributed by atoms with Crippen molar-refractivity contribution in [3.05, 3.63) is 0 Å². The molecule has 18 heavy (non-hydrogen) atoms. The highest BCUT2D eigenvalue weighted by Crippen LogP contribution is 2.22. The standard InChI is InChI=1S/C11H19N3O4/c1-7-5-14(6-9(7)10(16)17)11(18)13-4-3-12-8(2)15/h7,9H,3-6H2,1-2H3,(H,12,15)(H,13,18)(H,16,17). The number of amides is 3. The van der Waals surface area contributed by atoms with E-state index in [1.54, 1.807) is 0 Å². The Bertz CT molecular complexity index is 345. The van der Waals surface area contributed by atoms with Crippen LogP contribution in [0.5, 0.6) is 0 Å². The Morgan fingerprint density at radius 3 is 2.33 bits per heavy atom. The lowest BCUT2D eigenvalue weighted by Gasteiger charge is -2.16. The smallest absolute Gasteiger partial charge is 0.317 e. The van der Waals surface area contributed by atoms with Gasteiger partial charge in [-0.3, -0.25) is 9.59 Å². The summed E-state index contributed by atoms with van der Waals surface area (Å²) in [5.74, 6) is -1.55. The molecule has 1 fully saturated rings. The van der Waals surface area contributed by atoms with E-state index in [1.807, 2.05) is 6.92 Å². The fourth-order valence-corrected chi connectivity index (χ4v) is 1.97. The zero-order valence-electron chi connectivity index (χ0n) is 10.6. The van der Waals surface area contributed by atoms with Gasteiger partial charge in [0.25, 0.3) is 0 Å². The zero-order chi connectivity index (χ0) is 13.7. The molecule has 7 heteroatoms. The van der Waals surface area contributed by atoms with Crippen LogP contribution >= 0.6 is 0 Å². The van der Waals surface area contributed by atoms with Crippen LogP contribution in [-0.4, -0.2) is 54.1 Å². The summed E-state index contributed by atoms with van der Waals surface area (Å²) in [6, 6.07) is -0.282. The summed E-state index contributed by atoms with van der Waals surface area (Å²) >= 11 is 0. The first-order valence-corrected chi connectivity index (χ1v) is 5.92. The normalized spacial score (nSPS) is 22.7. The number of hydrogen-bond donors (Lipinski definition) is 3. The molecule has 2 atom stereocenters. The van der Waals surface area contributed by atoms with E-state index in [2.05, 4.69) is 10.6 Å². The number of likely N-dealkylation sites (tertiary alicyclic amines) is 1. The van der Waals surface area contributed by atoms with Crippen molar-refractivity contribution in [2.45, 2.75) is 13.8 Å². The van der Waals surface area contributed by atoms with Crippen LogP contribution in [0.3, 0.4) is 0 Å². The number of carbonyl (C=O) groups is 3. The quantitative estimate of drug-likeness (QED) is 0.590. The third kappa shape index (κ3) is 3.90. The van der Waals surface area contributed by atoms with E-state index in [1.165, 1.54) is 11.8 Å². The van der Waals surface area contributed by atoms with Crippen molar-refractivity contribution >= 4 is 17.9 Å². The molecule has 1 heterocycles. The lowest BCUT2D eigenvalue weighted by Crippen LogP contribution is -2.42. The number of carbonyl (C=O) groups excluding carboxylic acids is 2. The first-order chi connectivity index (χ1) is 8.41. The van der Waals surface area contributed by atoms with Crippen molar-refractivity contribution in [2.24, 2.45) is 11.8 Å². The number of nitrogens with zero attached hydrogens (tertiary/aromatic N) is 1. The molecule has 102 valence electrons. The molecule has 7 nitrogen and oxygen atoms in total. The van der Waals surface area contributed by atoms with Crippen LogP contribution in [0.2, 0.25) is 0 Å². The highest BCUT2D eigenvalue weighted by atomic mass is 16.4. The van der Waals surface area contributed by atoms with Crippen LogP contribution in [0, 0.1) is 11.8 Å². The third-order valence-corrected chi connectivity index (χ3v) is 2.99. The Morgan fingerprint density at radius 2 is 1.83 bits per heavy atom. The van der Waals surface area contributed by atoms with Crippen molar-refractivity contribution in [3.63, 3.8) is 0 Å². The lowest BCUT2D eigenvalue weighted by molar-refractivity contribution is -0.142. The number of hydrogen-bond acceptors (Lipinski definition) is 3. The fraction of sp³-hybridized carbons (Fsp3) is 0.727. The minimum absolute atomic E-state index is 0.0383. The molecule has 1 aliphatic heterocycles. The van der Waals surface area contributed by atoms with E-state index in [4.69, 9.17) is 5.11 Å². The Hall–Kier alpha value is -1.79. The van der Waals surface area contributed by atoms with E-state index < -0.39 is 11.9 Å². The van der Waals surface area contributed by atoms with Crippen LogP contribution in [0.1, 0.15) is 13.8 Å². The van der Waals surface area contributed by atoms with Crippen molar-refractivity contribution in [2.75, 3.05) is 26.2 Å². The second kappa shape index (κ2) is 6.23. The topological polar surface area (TPSA) is 98.7 Å². The second-order valence-corrected chi connectivity index (χ2v) is 4.54. The van der Waals surface area contributed by atoms with Gasteiger partial charge < -0.3 is 20.6 Å². The van der Waals surface area contributed by atoms with E-state index in [-0.39, 0.29) is 24.4 Å². The van der Waals surface area contributed by atoms with Gasteiger partial charge in [0.05, 0.1) is 5.92 Å². The molecule has 0 saturated carbocycles. The summed E-state index contributed by atoms with van der Waals surface area (Å²) < 4.78 is 0. The maximum Gasteiger partial charge on any atom is 0.317 e. The van der Waals surface area contributed by atoms with Gasteiger partial charge in [0, 0.05) is 33.1 Å². The van der Waals surface area contributed by atoms with Gasteiger partial charge in [0.2, 0.25) is 5.91 Å². The third-order valence-electron chi connectivity index (χ3n) is 2.99. The zero-order valence-corrected chi connectivity index (χ0v) is 10.6. The lowest BCUT2D eigenvalue weighted by atomic mass is 9.99. The van der Waals surface area contributed by atoms with Gasteiger partial charge in [0.1, 0.15) is 0 Å². The first kappa shape index (κ1) is 14.3. The van der Waals surface area contributed by atoms with Gasteiger partial charge in [-0.1, -0.05) is 6.92 Å². The number of nitrogens with one attached hydrogen (secondary N) is 2. The Kier molecular flexibility index (Phi) is 4.94. The summed E-state index contributed by atoms with van der Waals surface area (Å²) in [7, 11) is 0. The molecule has 0 bridgehead atoms. The average molecular weight is 257 g/mol. The Labute approximate surface area is 106 Å². The van der Waals surface area contributed by atoms with Crippen molar-refractivity contribution in [1.29, 1.82) is 0 Å². The largest absolute Gasteiger partial charge is 0.481 e. The average Bonchev–Trinajstić information content (AvgIpc) is 2.66. The predicted octanol–water partition coefficient (Wildman–Crippen LogP) is -0.515. The maximum atomic E-state index is 11.7. The molecule has 0 spiro atoms. The molecular weight excluding hydrogens is 238 g/mol. The molecule has 1 aliphatic rings. The van der Waals surface area contributed by atoms with Crippen LogP contribution in [0.4, 0.5) is 4.79 Å². The number of carboxylic acid groups (broad SMARTS) is 1. The molecule has 0 aromatic heterocycles. The first-order valence-electron chi connectivity index (χ1n) is 5.92. The number of rotatable bonds is 4. The van der Waals surface area contributed by atoms with Crippen molar-refractivity contribution in [1.82, 2.24) is 15.5 Å². The molecule has 1 rings (SSSR count). The summed E-state index contributed by atoms with van der Waals surface area (Å²) in [6.07, 6.45) is 0. The van der Waals surface area contributed by atoms with E-state index in [0.29, 0.717) is 19.6 Å². The highest BCUT2D eigenvalue weighted by molar-refractivity contribution is 5.77. The van der Waals surface area contributed by atoms with Gasteiger partial charge in [0.15, 0.2) is 0 Å². The highest BCUT2D eigenvalue weighted by Gasteiger charge is 2.36. The van der Waals surface area contributed by atoms with Crippen molar-refractivity contribution in [3.8, 4) is 0 Å². The van der Waals surface area contributed by atoms with Crippen LogP contribution < -0.4 is 10.6 Å². The van der Waals surface area contributed by atoms with E-state index in [0.717, 1.165) is 0 Å². The summed E-state index contributed by atoms with van der Waals surface area (Å²) in [5, 5.41) is 14.2. The minimum atomic E-state index is -0.865. The SMILES string of the molecule is CC(=O)NCCNC(=O)N1CC(C)C(C(=O)O)C1. The number of carboxylic acids is 1. The van der Waals surface area contributed by atoms with Gasteiger partial charge in [-0.2, -0.15) is 0 Å². The van der Waals surface area contributed by atoms with Gasteiger partial charge in [-0.15, -0.1) is 0 Å². The molecule has 0 radical (unpaired) electrons. The van der Waals surface area contributed by atoms with Gasteiger partial charge in [-0.05, 0) is 5.92 Å². The van der Waals surface area contributed by atoms with E-state index in [9.17, 15) is 14.4 Å². The van der Waals surface area contributed by atoms with E-state index >= 15 is 0 Å². The predicted molar refractivity (Wildman–Crippen MR) is 63.9 cm³/mol. The maximum absolute atomic E-state index is 11.7. The van der Waals surface area contributed by atoms with Gasteiger partial charge in [-0.25, -0.2) is 4.79 Å². The molecule has 0 aliphatic carbocycles. The fourth-order valence-electron chi connectivity index (χ4n) is 1.97. The molecule has 0 aromatic carbocycles. The molecule has 2 unspecified atom stereocenters. The summed E-state index contributed by atoms with van der Waals surface area (Å²) in [4.78, 5) is 34.7. The van der Waals surface area contributed by atoms with Gasteiger partial charge >= 0.3 is 12.0 Å². The molecule has 3 N–H and O–H groups in total. The number of urea groups is 1. The molecular formula is C11H19N3O4. The molecule has 0 aromatic rings. The van der Waals surface area contributed by atoms with Crippen LogP contribution in [-0.2, 0) is 9.59 Å². The summed E-state index contributed by atoms with van der Waals surface area (Å²) in [6.45, 7) is 4.62. The summed E-state index contributed by atoms with van der Waals surface area (Å²) in [5.41, 5.74) is 0. The molecule has 1 saturated heterocycles. The van der Waals surface area contributed by atoms with Crippen LogP contribution in [0.15, 0.2) is 0 Å². The van der Waals surface area contributed by atoms with Crippen LogP contribution in [0.25, 0.3) is 0 Å². The molecule has 3 amide bonds.